The van der Waals surface area contributed by atoms with Crippen LogP contribution in [0.3, 0.4) is 0 Å². The van der Waals surface area contributed by atoms with Crippen LogP contribution in [-0.2, 0) is 9.59 Å². The number of carbonyl (C=O) groups is 2. The minimum Gasteiger partial charge on any atom is -0.385 e. The normalized spacial score (nSPS) is 16.8. The van der Waals surface area contributed by atoms with Crippen LogP contribution in [0.5, 0.6) is 0 Å². The Labute approximate surface area is 119 Å². The fraction of sp³-hybridized carbons (Fsp3) is 0.467. The van der Waals surface area contributed by atoms with Crippen LogP contribution in [0.2, 0.25) is 0 Å². The van der Waals surface area contributed by atoms with Crippen LogP contribution in [0, 0.1) is 0 Å². The van der Waals surface area contributed by atoms with E-state index in [1.807, 2.05) is 31.2 Å². The van der Waals surface area contributed by atoms with Crippen molar-refractivity contribution in [2.24, 2.45) is 0 Å². The maximum absolute atomic E-state index is 12.5. The van der Waals surface area contributed by atoms with Crippen molar-refractivity contribution in [3.63, 3.8) is 0 Å². The van der Waals surface area contributed by atoms with E-state index in [-0.39, 0.29) is 24.3 Å². The Balaban J connectivity index is 2.08. The van der Waals surface area contributed by atoms with Gasteiger partial charge in [-0.3, -0.25) is 9.59 Å². The monoisotopic (exact) mass is 275 g/mol. The highest BCUT2D eigenvalue weighted by Gasteiger charge is 2.28. The molecular formula is C15H21N3O2. The van der Waals surface area contributed by atoms with Gasteiger partial charge in [-0.2, -0.15) is 0 Å². The molecule has 1 heterocycles. The zero-order chi connectivity index (χ0) is 14.5. The smallest absolute Gasteiger partial charge is 0.239 e. The number of fused-ring (bicyclic) bond motifs is 1. The Morgan fingerprint density at radius 3 is 2.90 bits per heavy atom. The first-order chi connectivity index (χ1) is 9.63. The van der Waals surface area contributed by atoms with Gasteiger partial charge < -0.3 is 15.5 Å². The number of benzene rings is 1. The summed E-state index contributed by atoms with van der Waals surface area (Å²) in [5.74, 6) is -0.275. The minimum absolute atomic E-state index is 0.00482. The maximum Gasteiger partial charge on any atom is 0.239 e. The number of carbonyl (C=O) groups excluding carboxylic acids is 2. The molecule has 20 heavy (non-hydrogen) atoms. The highest BCUT2D eigenvalue weighted by Crippen LogP contribution is 2.32. The molecule has 0 aromatic heterocycles. The van der Waals surface area contributed by atoms with E-state index >= 15 is 0 Å². The number of likely N-dealkylation sites (N-methyl/N-ethyl adjacent to an activating group) is 2. The zero-order valence-corrected chi connectivity index (χ0v) is 12.0. The van der Waals surface area contributed by atoms with E-state index < -0.39 is 0 Å². The lowest BCUT2D eigenvalue weighted by Crippen LogP contribution is -2.41. The van der Waals surface area contributed by atoms with Gasteiger partial charge in [0.1, 0.15) is 0 Å². The van der Waals surface area contributed by atoms with Gasteiger partial charge in [0, 0.05) is 25.8 Å². The van der Waals surface area contributed by atoms with E-state index in [9.17, 15) is 9.59 Å². The Morgan fingerprint density at radius 2 is 2.15 bits per heavy atom. The SMILES string of the molecule is CCNC(=O)CN(C)C(=O)C1CCNc2ccccc21. The van der Waals surface area contributed by atoms with Gasteiger partial charge in [0.15, 0.2) is 0 Å². The van der Waals surface area contributed by atoms with E-state index in [2.05, 4.69) is 10.6 Å². The van der Waals surface area contributed by atoms with E-state index in [0.717, 1.165) is 24.2 Å². The van der Waals surface area contributed by atoms with Crippen molar-refractivity contribution in [3.05, 3.63) is 29.8 Å². The van der Waals surface area contributed by atoms with Crippen molar-refractivity contribution < 1.29 is 9.59 Å². The van der Waals surface area contributed by atoms with Gasteiger partial charge in [-0.15, -0.1) is 0 Å². The summed E-state index contributed by atoms with van der Waals surface area (Å²) in [6.45, 7) is 3.33. The molecular weight excluding hydrogens is 254 g/mol. The molecule has 0 radical (unpaired) electrons. The minimum atomic E-state index is -0.160. The van der Waals surface area contributed by atoms with E-state index in [4.69, 9.17) is 0 Å². The first-order valence-electron chi connectivity index (χ1n) is 6.98. The van der Waals surface area contributed by atoms with Crippen molar-refractivity contribution in [1.29, 1.82) is 0 Å². The Kier molecular flexibility index (Phi) is 4.61. The zero-order valence-electron chi connectivity index (χ0n) is 12.0. The summed E-state index contributed by atoms with van der Waals surface area (Å²) in [5, 5.41) is 6.01. The van der Waals surface area contributed by atoms with E-state index in [1.165, 1.54) is 4.90 Å². The molecule has 0 saturated heterocycles. The molecule has 2 amide bonds. The molecule has 0 saturated carbocycles. The van der Waals surface area contributed by atoms with Crippen LogP contribution in [0.15, 0.2) is 24.3 Å². The highest BCUT2D eigenvalue weighted by atomic mass is 16.2. The van der Waals surface area contributed by atoms with Crippen molar-refractivity contribution >= 4 is 17.5 Å². The van der Waals surface area contributed by atoms with Crippen molar-refractivity contribution in [3.8, 4) is 0 Å². The molecule has 0 bridgehead atoms. The number of hydrogen-bond donors (Lipinski definition) is 2. The largest absolute Gasteiger partial charge is 0.385 e. The lowest BCUT2D eigenvalue weighted by Gasteiger charge is -2.29. The number of amides is 2. The number of anilines is 1. The number of nitrogens with one attached hydrogen (secondary N) is 2. The third kappa shape index (κ3) is 3.10. The summed E-state index contributed by atoms with van der Waals surface area (Å²) in [6, 6.07) is 7.86. The standard InChI is InChI=1S/C15H21N3O2/c1-3-16-14(19)10-18(2)15(20)12-8-9-17-13-7-5-4-6-11(12)13/h4-7,12,17H,3,8-10H2,1-2H3,(H,16,19). The number of rotatable bonds is 4. The number of para-hydroxylation sites is 1. The van der Waals surface area contributed by atoms with E-state index in [0.29, 0.717) is 6.54 Å². The molecule has 5 nitrogen and oxygen atoms in total. The van der Waals surface area contributed by atoms with Gasteiger partial charge >= 0.3 is 0 Å². The Bertz CT molecular complexity index is 502. The average molecular weight is 275 g/mol. The molecule has 0 spiro atoms. The van der Waals surface area contributed by atoms with Gasteiger partial charge in [-0.1, -0.05) is 18.2 Å². The summed E-state index contributed by atoms with van der Waals surface area (Å²) >= 11 is 0. The second kappa shape index (κ2) is 6.41. The molecule has 0 aliphatic carbocycles. The molecule has 1 aliphatic heterocycles. The molecule has 1 unspecified atom stereocenters. The third-order valence-electron chi connectivity index (χ3n) is 3.51. The summed E-state index contributed by atoms with van der Waals surface area (Å²) in [6.07, 6.45) is 0.760. The average Bonchev–Trinajstić information content (AvgIpc) is 2.46. The maximum atomic E-state index is 12.5. The second-order valence-corrected chi connectivity index (χ2v) is 5.00. The van der Waals surface area contributed by atoms with Crippen LogP contribution >= 0.6 is 0 Å². The predicted molar refractivity (Wildman–Crippen MR) is 78.6 cm³/mol. The van der Waals surface area contributed by atoms with Gasteiger partial charge in [0.2, 0.25) is 11.8 Å². The molecule has 1 aromatic carbocycles. The first kappa shape index (κ1) is 14.4. The van der Waals surface area contributed by atoms with Crippen molar-refractivity contribution in [2.75, 3.05) is 32.0 Å². The number of hydrogen-bond acceptors (Lipinski definition) is 3. The van der Waals surface area contributed by atoms with Gasteiger partial charge in [-0.25, -0.2) is 0 Å². The fourth-order valence-electron chi connectivity index (χ4n) is 2.54. The molecule has 2 N–H and O–H groups in total. The van der Waals surface area contributed by atoms with Crippen LogP contribution in [0.1, 0.15) is 24.8 Å². The quantitative estimate of drug-likeness (QED) is 0.867. The van der Waals surface area contributed by atoms with Crippen LogP contribution in [0.25, 0.3) is 0 Å². The molecule has 1 atom stereocenters. The first-order valence-corrected chi connectivity index (χ1v) is 6.98. The van der Waals surface area contributed by atoms with Crippen LogP contribution in [-0.4, -0.2) is 43.4 Å². The fourth-order valence-corrected chi connectivity index (χ4v) is 2.54. The van der Waals surface area contributed by atoms with Gasteiger partial charge in [0.25, 0.3) is 0 Å². The van der Waals surface area contributed by atoms with Gasteiger partial charge in [0.05, 0.1) is 12.5 Å². The molecule has 5 heteroatoms. The molecule has 108 valence electrons. The molecule has 0 fully saturated rings. The summed E-state index contributed by atoms with van der Waals surface area (Å²) < 4.78 is 0. The van der Waals surface area contributed by atoms with Gasteiger partial charge in [-0.05, 0) is 25.0 Å². The highest BCUT2D eigenvalue weighted by molar-refractivity contribution is 5.89. The molecule has 2 rings (SSSR count). The number of nitrogens with zero attached hydrogens (tertiary/aromatic N) is 1. The van der Waals surface area contributed by atoms with Crippen molar-refractivity contribution in [1.82, 2.24) is 10.2 Å². The third-order valence-corrected chi connectivity index (χ3v) is 3.51. The topological polar surface area (TPSA) is 61.4 Å². The lowest BCUT2D eigenvalue weighted by atomic mass is 9.90. The lowest BCUT2D eigenvalue weighted by molar-refractivity contribution is -0.136. The predicted octanol–water partition coefficient (Wildman–Crippen LogP) is 1.18. The molecule has 1 aromatic rings. The summed E-state index contributed by atoms with van der Waals surface area (Å²) in [5.41, 5.74) is 2.04. The second-order valence-electron chi connectivity index (χ2n) is 5.00. The van der Waals surface area contributed by atoms with Crippen LogP contribution in [0.4, 0.5) is 5.69 Å². The van der Waals surface area contributed by atoms with Crippen molar-refractivity contribution in [2.45, 2.75) is 19.3 Å². The van der Waals surface area contributed by atoms with E-state index in [1.54, 1.807) is 7.05 Å². The Hall–Kier alpha value is -2.04. The Morgan fingerprint density at radius 1 is 1.40 bits per heavy atom. The summed E-state index contributed by atoms with van der Waals surface area (Å²) in [7, 11) is 1.68. The van der Waals surface area contributed by atoms with Crippen LogP contribution < -0.4 is 10.6 Å². The molecule has 1 aliphatic rings. The summed E-state index contributed by atoms with van der Waals surface area (Å²) in [4.78, 5) is 25.6.